The smallest absolute Gasteiger partial charge is 0.0790 e. The van der Waals surface area contributed by atoms with Crippen molar-refractivity contribution in [2.75, 3.05) is 13.1 Å². The molecular formula is C12H22N2O. The zero-order chi connectivity index (χ0) is 10.1. The van der Waals surface area contributed by atoms with Crippen LogP contribution in [0.3, 0.4) is 0 Å². The molecule has 1 N–H and O–H groups in total. The molecule has 86 valence electrons. The topological polar surface area (TPSA) is 24.5 Å². The Bertz CT molecular complexity index is 212. The van der Waals surface area contributed by atoms with E-state index in [9.17, 15) is 0 Å². The molecule has 1 aliphatic heterocycles. The molecule has 1 atom stereocenters. The van der Waals surface area contributed by atoms with Gasteiger partial charge in [-0.05, 0) is 32.1 Å². The number of nitrogens with zero attached hydrogens (tertiary/aromatic N) is 1. The third-order valence-electron chi connectivity index (χ3n) is 3.99. The first-order chi connectivity index (χ1) is 7.42. The summed E-state index contributed by atoms with van der Waals surface area (Å²) in [6.07, 6.45) is 9.84. The van der Waals surface area contributed by atoms with E-state index in [0.717, 1.165) is 6.04 Å². The minimum Gasteiger partial charge on any atom is -0.299 e. The molecule has 1 unspecified atom stereocenters. The van der Waals surface area contributed by atoms with Crippen LogP contribution in [0.2, 0.25) is 0 Å². The SMILES string of the molecule is C1CCC(ONC2CCN(C3CC3)C2)C1. The van der Waals surface area contributed by atoms with Crippen molar-refractivity contribution < 1.29 is 4.84 Å². The van der Waals surface area contributed by atoms with E-state index in [1.54, 1.807) is 0 Å². The van der Waals surface area contributed by atoms with E-state index in [1.807, 2.05) is 0 Å². The van der Waals surface area contributed by atoms with Crippen LogP contribution in [0, 0.1) is 0 Å². The second-order valence-electron chi connectivity index (χ2n) is 5.35. The van der Waals surface area contributed by atoms with Crippen LogP contribution < -0.4 is 5.48 Å². The highest BCUT2D eigenvalue weighted by molar-refractivity contribution is 4.91. The number of hydroxylamine groups is 1. The van der Waals surface area contributed by atoms with Crippen molar-refractivity contribution in [1.29, 1.82) is 0 Å². The van der Waals surface area contributed by atoms with Gasteiger partial charge in [0, 0.05) is 25.2 Å². The van der Waals surface area contributed by atoms with Gasteiger partial charge in [-0.25, -0.2) is 0 Å². The number of hydrogen-bond donors (Lipinski definition) is 1. The maximum Gasteiger partial charge on any atom is 0.0790 e. The lowest BCUT2D eigenvalue weighted by molar-refractivity contribution is -0.0382. The Balaban J connectivity index is 1.37. The van der Waals surface area contributed by atoms with Gasteiger partial charge in [-0.15, -0.1) is 0 Å². The Hall–Kier alpha value is -0.120. The molecule has 2 aliphatic carbocycles. The van der Waals surface area contributed by atoms with Gasteiger partial charge >= 0.3 is 0 Å². The van der Waals surface area contributed by atoms with Crippen molar-refractivity contribution in [3.05, 3.63) is 0 Å². The Morgan fingerprint density at radius 2 is 1.80 bits per heavy atom. The Kier molecular flexibility index (Phi) is 2.95. The maximum atomic E-state index is 5.76. The van der Waals surface area contributed by atoms with E-state index in [0.29, 0.717) is 12.1 Å². The Morgan fingerprint density at radius 3 is 2.53 bits per heavy atom. The molecule has 3 nitrogen and oxygen atoms in total. The number of hydrogen-bond acceptors (Lipinski definition) is 3. The molecule has 3 aliphatic rings. The molecule has 0 aromatic heterocycles. The van der Waals surface area contributed by atoms with Gasteiger partial charge in [-0.3, -0.25) is 9.74 Å². The molecule has 0 bridgehead atoms. The van der Waals surface area contributed by atoms with E-state index in [1.165, 1.54) is 58.0 Å². The minimum atomic E-state index is 0.500. The fourth-order valence-electron chi connectivity index (χ4n) is 2.85. The summed E-state index contributed by atoms with van der Waals surface area (Å²) in [7, 11) is 0. The first-order valence-electron chi connectivity index (χ1n) is 6.57. The van der Waals surface area contributed by atoms with E-state index >= 15 is 0 Å². The summed E-state index contributed by atoms with van der Waals surface area (Å²) in [6.45, 7) is 2.48. The van der Waals surface area contributed by atoms with Crippen LogP contribution in [0.5, 0.6) is 0 Å². The van der Waals surface area contributed by atoms with Crippen molar-refractivity contribution in [2.24, 2.45) is 0 Å². The van der Waals surface area contributed by atoms with Crippen LogP contribution in [0.4, 0.5) is 0 Å². The molecule has 0 spiro atoms. The van der Waals surface area contributed by atoms with Crippen molar-refractivity contribution >= 4 is 0 Å². The van der Waals surface area contributed by atoms with Gasteiger partial charge in [0.2, 0.25) is 0 Å². The lowest BCUT2D eigenvalue weighted by Gasteiger charge is -2.18. The molecular weight excluding hydrogens is 188 g/mol. The number of likely N-dealkylation sites (tertiary alicyclic amines) is 1. The highest BCUT2D eigenvalue weighted by atomic mass is 16.7. The molecule has 0 aromatic rings. The number of nitrogens with one attached hydrogen (secondary N) is 1. The van der Waals surface area contributed by atoms with E-state index in [2.05, 4.69) is 10.4 Å². The zero-order valence-electron chi connectivity index (χ0n) is 9.45. The lowest BCUT2D eigenvalue weighted by Crippen LogP contribution is -2.35. The van der Waals surface area contributed by atoms with Gasteiger partial charge in [-0.2, -0.15) is 5.48 Å². The summed E-state index contributed by atoms with van der Waals surface area (Å²) in [5.41, 5.74) is 3.29. The predicted octanol–water partition coefficient (Wildman–Crippen LogP) is 1.69. The first-order valence-corrected chi connectivity index (χ1v) is 6.57. The average Bonchev–Trinajstić information content (AvgIpc) is 2.82. The fraction of sp³-hybridized carbons (Fsp3) is 1.00. The summed E-state index contributed by atoms with van der Waals surface area (Å²) in [6, 6.07) is 1.51. The highest BCUT2D eigenvalue weighted by Gasteiger charge is 2.34. The first kappa shape index (κ1) is 10.1. The molecule has 1 heterocycles. The third kappa shape index (κ3) is 2.52. The van der Waals surface area contributed by atoms with Gasteiger partial charge in [0.05, 0.1) is 6.10 Å². The van der Waals surface area contributed by atoms with Gasteiger partial charge in [0.25, 0.3) is 0 Å². The largest absolute Gasteiger partial charge is 0.299 e. The van der Waals surface area contributed by atoms with Gasteiger partial charge in [0.15, 0.2) is 0 Å². The van der Waals surface area contributed by atoms with Crippen molar-refractivity contribution in [3.63, 3.8) is 0 Å². The van der Waals surface area contributed by atoms with E-state index in [4.69, 9.17) is 4.84 Å². The molecule has 3 rings (SSSR count). The van der Waals surface area contributed by atoms with Crippen LogP contribution >= 0.6 is 0 Å². The second-order valence-corrected chi connectivity index (χ2v) is 5.35. The van der Waals surface area contributed by atoms with Crippen LogP contribution in [0.15, 0.2) is 0 Å². The monoisotopic (exact) mass is 210 g/mol. The van der Waals surface area contributed by atoms with Gasteiger partial charge in [-0.1, -0.05) is 12.8 Å². The van der Waals surface area contributed by atoms with Crippen molar-refractivity contribution in [2.45, 2.75) is 63.1 Å². The lowest BCUT2D eigenvalue weighted by atomic mass is 10.3. The van der Waals surface area contributed by atoms with Crippen LogP contribution in [0.1, 0.15) is 44.9 Å². The molecule has 2 saturated carbocycles. The fourth-order valence-corrected chi connectivity index (χ4v) is 2.85. The van der Waals surface area contributed by atoms with E-state index < -0.39 is 0 Å². The highest BCUT2D eigenvalue weighted by Crippen LogP contribution is 2.30. The minimum absolute atomic E-state index is 0.500. The second kappa shape index (κ2) is 4.40. The molecule has 3 fully saturated rings. The standard InChI is InChI=1S/C12H22N2O/c1-2-4-12(3-1)15-13-10-7-8-14(9-10)11-5-6-11/h10-13H,1-9H2. The third-order valence-corrected chi connectivity index (χ3v) is 3.99. The molecule has 1 saturated heterocycles. The normalized spacial score (nSPS) is 34.0. The average molecular weight is 210 g/mol. The van der Waals surface area contributed by atoms with Crippen LogP contribution in [-0.2, 0) is 4.84 Å². The molecule has 0 radical (unpaired) electrons. The maximum absolute atomic E-state index is 5.76. The van der Waals surface area contributed by atoms with Gasteiger partial charge in [0.1, 0.15) is 0 Å². The van der Waals surface area contributed by atoms with Crippen molar-refractivity contribution in [3.8, 4) is 0 Å². The summed E-state index contributed by atoms with van der Waals surface area (Å²) < 4.78 is 0. The zero-order valence-corrected chi connectivity index (χ0v) is 9.45. The summed E-state index contributed by atoms with van der Waals surface area (Å²) in [5, 5.41) is 0. The number of rotatable bonds is 4. The quantitative estimate of drug-likeness (QED) is 0.715. The summed E-state index contributed by atoms with van der Waals surface area (Å²) in [4.78, 5) is 8.38. The predicted molar refractivity (Wildman–Crippen MR) is 59.5 cm³/mol. The molecule has 3 heteroatoms. The van der Waals surface area contributed by atoms with Crippen molar-refractivity contribution in [1.82, 2.24) is 10.4 Å². The molecule has 0 amide bonds. The Labute approximate surface area is 92.1 Å². The van der Waals surface area contributed by atoms with Gasteiger partial charge < -0.3 is 0 Å². The Morgan fingerprint density at radius 1 is 1.00 bits per heavy atom. The van der Waals surface area contributed by atoms with Crippen LogP contribution in [0.25, 0.3) is 0 Å². The summed E-state index contributed by atoms with van der Waals surface area (Å²) in [5.74, 6) is 0. The van der Waals surface area contributed by atoms with E-state index in [-0.39, 0.29) is 0 Å². The molecule has 15 heavy (non-hydrogen) atoms. The molecule has 0 aromatic carbocycles. The summed E-state index contributed by atoms with van der Waals surface area (Å²) >= 11 is 0. The van der Waals surface area contributed by atoms with Crippen LogP contribution in [-0.4, -0.2) is 36.2 Å².